The van der Waals surface area contributed by atoms with Gasteiger partial charge >= 0.3 is 0 Å². The molecule has 108 valence electrons. The number of aromatic nitrogens is 2. The Morgan fingerprint density at radius 1 is 1.30 bits per heavy atom. The van der Waals surface area contributed by atoms with Crippen molar-refractivity contribution in [1.29, 1.82) is 0 Å². The van der Waals surface area contributed by atoms with E-state index in [2.05, 4.69) is 9.82 Å². The van der Waals surface area contributed by atoms with Gasteiger partial charge in [-0.1, -0.05) is 23.2 Å². The summed E-state index contributed by atoms with van der Waals surface area (Å²) >= 11 is 11.6. The second kappa shape index (κ2) is 5.61. The topological polar surface area (TPSA) is 90.0 Å². The van der Waals surface area contributed by atoms with Crippen molar-refractivity contribution in [1.82, 2.24) is 14.5 Å². The van der Waals surface area contributed by atoms with Gasteiger partial charge in [0.2, 0.25) is 10.0 Å². The van der Waals surface area contributed by atoms with E-state index in [9.17, 15) is 8.42 Å². The predicted octanol–water partition coefficient (Wildman–Crippen LogP) is 1.79. The van der Waals surface area contributed by atoms with Crippen LogP contribution in [0.25, 0.3) is 0 Å². The lowest BCUT2D eigenvalue weighted by molar-refractivity contribution is 0.581. The number of rotatable bonds is 4. The van der Waals surface area contributed by atoms with Gasteiger partial charge < -0.3 is 5.73 Å². The number of halogens is 2. The highest BCUT2D eigenvalue weighted by atomic mass is 35.5. The maximum absolute atomic E-state index is 12.1. The minimum Gasteiger partial charge on any atom is -0.384 e. The molecule has 0 aliphatic rings. The van der Waals surface area contributed by atoms with Crippen LogP contribution in [0.2, 0.25) is 10.0 Å². The molecule has 0 aliphatic carbocycles. The normalized spacial score (nSPS) is 11.8. The molecule has 3 N–H and O–H groups in total. The number of nitrogens with two attached hydrogens (primary N) is 1. The number of anilines is 1. The van der Waals surface area contributed by atoms with E-state index >= 15 is 0 Å². The summed E-state index contributed by atoms with van der Waals surface area (Å²) in [6.45, 7) is 0.0339. The van der Waals surface area contributed by atoms with Crippen molar-refractivity contribution in [2.45, 2.75) is 11.4 Å². The molecule has 0 bridgehead atoms. The number of nitrogen functional groups attached to an aromatic ring is 1. The minimum absolute atomic E-state index is 0.00235. The van der Waals surface area contributed by atoms with Gasteiger partial charge in [-0.3, -0.25) is 4.68 Å². The molecule has 20 heavy (non-hydrogen) atoms. The average molecular weight is 335 g/mol. The van der Waals surface area contributed by atoms with Crippen LogP contribution in [0.1, 0.15) is 5.56 Å². The Balaban J connectivity index is 2.21. The molecule has 2 aromatic rings. The summed E-state index contributed by atoms with van der Waals surface area (Å²) in [4.78, 5) is -0.00235. The van der Waals surface area contributed by atoms with Crippen LogP contribution in [0.3, 0.4) is 0 Å². The number of hydrogen-bond acceptors (Lipinski definition) is 4. The van der Waals surface area contributed by atoms with E-state index in [0.29, 0.717) is 11.4 Å². The summed E-state index contributed by atoms with van der Waals surface area (Å²) < 4.78 is 28.1. The second-order valence-corrected chi connectivity index (χ2v) is 6.75. The van der Waals surface area contributed by atoms with E-state index < -0.39 is 10.0 Å². The zero-order valence-corrected chi connectivity index (χ0v) is 12.8. The van der Waals surface area contributed by atoms with Crippen molar-refractivity contribution in [2.75, 3.05) is 5.73 Å². The lowest BCUT2D eigenvalue weighted by Crippen LogP contribution is -2.23. The summed E-state index contributed by atoms with van der Waals surface area (Å²) in [6.07, 6.45) is 1.50. The molecule has 2 rings (SSSR count). The van der Waals surface area contributed by atoms with Gasteiger partial charge in [0, 0.05) is 29.2 Å². The maximum Gasteiger partial charge on any atom is 0.240 e. The van der Waals surface area contributed by atoms with E-state index in [1.807, 2.05) is 0 Å². The van der Waals surface area contributed by atoms with E-state index in [1.165, 1.54) is 29.1 Å². The highest BCUT2D eigenvalue weighted by molar-refractivity contribution is 7.89. The number of sulfonamides is 1. The third-order valence-electron chi connectivity index (χ3n) is 2.66. The Bertz CT molecular complexity index is 723. The van der Waals surface area contributed by atoms with Gasteiger partial charge in [0.15, 0.2) is 0 Å². The van der Waals surface area contributed by atoms with Gasteiger partial charge in [-0.15, -0.1) is 0 Å². The number of nitrogens with one attached hydrogen (secondary N) is 1. The van der Waals surface area contributed by atoms with Crippen molar-refractivity contribution in [3.8, 4) is 0 Å². The molecule has 1 aromatic heterocycles. The summed E-state index contributed by atoms with van der Waals surface area (Å²) in [7, 11) is -2.05. The van der Waals surface area contributed by atoms with Crippen LogP contribution < -0.4 is 10.5 Å². The van der Waals surface area contributed by atoms with Gasteiger partial charge in [-0.05, 0) is 18.2 Å². The quantitative estimate of drug-likeness (QED) is 0.891. The van der Waals surface area contributed by atoms with Gasteiger partial charge in [-0.25, -0.2) is 13.1 Å². The van der Waals surface area contributed by atoms with Crippen LogP contribution in [-0.2, 0) is 23.6 Å². The summed E-state index contributed by atoms with van der Waals surface area (Å²) in [5.74, 6) is 0.400. The predicted molar refractivity (Wildman–Crippen MR) is 78.1 cm³/mol. The highest BCUT2D eigenvalue weighted by Crippen LogP contribution is 2.22. The van der Waals surface area contributed by atoms with Crippen molar-refractivity contribution in [3.05, 3.63) is 40.0 Å². The fraction of sp³-hybridized carbons (Fsp3) is 0.182. The van der Waals surface area contributed by atoms with Crippen LogP contribution >= 0.6 is 23.2 Å². The van der Waals surface area contributed by atoms with Crippen molar-refractivity contribution >= 4 is 39.0 Å². The van der Waals surface area contributed by atoms with Crippen LogP contribution in [0.5, 0.6) is 0 Å². The molecule has 6 nitrogen and oxygen atoms in total. The highest BCUT2D eigenvalue weighted by Gasteiger charge is 2.16. The van der Waals surface area contributed by atoms with E-state index in [-0.39, 0.29) is 21.5 Å². The largest absolute Gasteiger partial charge is 0.384 e. The van der Waals surface area contributed by atoms with Crippen LogP contribution in [0.15, 0.2) is 29.3 Å². The third-order valence-corrected chi connectivity index (χ3v) is 4.48. The Hall–Kier alpha value is -1.28. The van der Waals surface area contributed by atoms with Crippen molar-refractivity contribution in [3.63, 3.8) is 0 Å². The molecule has 0 saturated carbocycles. The Labute approximate surface area is 126 Å². The van der Waals surface area contributed by atoms with Gasteiger partial charge in [-0.2, -0.15) is 5.10 Å². The number of benzene rings is 1. The molecule has 0 unspecified atom stereocenters. The zero-order chi connectivity index (χ0) is 14.9. The molecule has 1 aromatic carbocycles. The second-order valence-electron chi connectivity index (χ2n) is 4.11. The Kier molecular flexibility index (Phi) is 4.24. The van der Waals surface area contributed by atoms with Crippen LogP contribution in [0, 0.1) is 0 Å². The maximum atomic E-state index is 12.1. The molecule has 9 heteroatoms. The smallest absolute Gasteiger partial charge is 0.240 e. The molecule has 0 radical (unpaired) electrons. The van der Waals surface area contributed by atoms with Gasteiger partial charge in [0.1, 0.15) is 5.82 Å². The van der Waals surface area contributed by atoms with E-state index in [4.69, 9.17) is 28.9 Å². The molecule has 0 aliphatic heterocycles. The molecular weight excluding hydrogens is 323 g/mol. The zero-order valence-electron chi connectivity index (χ0n) is 10.5. The summed E-state index contributed by atoms with van der Waals surface area (Å²) in [5, 5.41) is 4.43. The fourth-order valence-electron chi connectivity index (χ4n) is 1.57. The standard InChI is InChI=1S/C11H12Cl2N4O2S/c1-17-11(14)7(5-15-17)6-16-20(18,19)10-3-8(12)2-9(13)4-10/h2-5,16H,6,14H2,1H3. The molecule has 0 atom stereocenters. The lowest BCUT2D eigenvalue weighted by atomic mass is 10.3. The first-order chi connectivity index (χ1) is 9.29. The molecule has 0 saturated heterocycles. The molecule has 0 amide bonds. The number of aryl methyl sites for hydroxylation is 1. The SMILES string of the molecule is Cn1ncc(CNS(=O)(=O)c2cc(Cl)cc(Cl)c2)c1N. The monoisotopic (exact) mass is 334 g/mol. The molecular formula is C11H12Cl2N4O2S. The Morgan fingerprint density at radius 2 is 1.90 bits per heavy atom. The van der Waals surface area contributed by atoms with Gasteiger partial charge in [0.05, 0.1) is 11.1 Å². The summed E-state index contributed by atoms with van der Waals surface area (Å²) in [5.41, 5.74) is 6.33. The average Bonchev–Trinajstić information content (AvgIpc) is 2.66. The number of nitrogens with zero attached hydrogens (tertiary/aromatic N) is 2. The molecule has 1 heterocycles. The minimum atomic E-state index is -3.72. The van der Waals surface area contributed by atoms with Crippen LogP contribution in [-0.4, -0.2) is 18.2 Å². The Morgan fingerprint density at radius 3 is 2.40 bits per heavy atom. The van der Waals surface area contributed by atoms with Crippen LogP contribution in [0.4, 0.5) is 5.82 Å². The summed E-state index contributed by atoms with van der Waals surface area (Å²) in [6, 6.07) is 4.10. The number of hydrogen-bond donors (Lipinski definition) is 2. The van der Waals surface area contributed by atoms with E-state index in [1.54, 1.807) is 7.05 Å². The van der Waals surface area contributed by atoms with Crippen molar-refractivity contribution in [2.24, 2.45) is 7.05 Å². The first-order valence-corrected chi connectivity index (χ1v) is 7.75. The third kappa shape index (κ3) is 3.24. The first kappa shape index (κ1) is 15.1. The molecule has 0 fully saturated rings. The van der Waals surface area contributed by atoms with E-state index in [0.717, 1.165) is 0 Å². The molecule has 0 spiro atoms. The van der Waals surface area contributed by atoms with Crippen molar-refractivity contribution < 1.29 is 8.42 Å². The fourth-order valence-corrected chi connectivity index (χ4v) is 3.30. The van der Waals surface area contributed by atoms with Gasteiger partial charge in [0.25, 0.3) is 0 Å². The lowest BCUT2D eigenvalue weighted by Gasteiger charge is -2.07. The first-order valence-electron chi connectivity index (χ1n) is 5.52.